The van der Waals surface area contributed by atoms with Crippen molar-refractivity contribution in [1.29, 1.82) is 0 Å². The van der Waals surface area contributed by atoms with Gasteiger partial charge in [-0.25, -0.2) is 0 Å². The highest BCUT2D eigenvalue weighted by Crippen LogP contribution is 2.46. The molecule has 0 spiro atoms. The third-order valence-electron chi connectivity index (χ3n) is 17.1. The van der Waals surface area contributed by atoms with E-state index in [4.69, 9.17) is 9.05 Å². The van der Waals surface area contributed by atoms with Gasteiger partial charge in [-0.15, -0.1) is 0 Å². The Kier molecular flexibility index (Phi) is 33.5. The normalized spacial score (nSPS) is 13.0. The molecular formula is C78H110N2O6P2. The number of hydrogen-bond donors (Lipinski definition) is 0. The summed E-state index contributed by atoms with van der Waals surface area (Å²) in [5, 5.41) is 0. The first kappa shape index (κ1) is 73.2. The molecule has 0 aliphatic rings. The predicted molar refractivity (Wildman–Crippen MR) is 370 cm³/mol. The molecule has 0 saturated heterocycles. The van der Waals surface area contributed by atoms with Gasteiger partial charge in [0.1, 0.15) is 11.5 Å². The van der Waals surface area contributed by atoms with E-state index in [1.807, 2.05) is 84.9 Å². The molecule has 2 atom stereocenters. The third-order valence-corrected chi connectivity index (χ3v) is 19.5. The lowest BCUT2D eigenvalue weighted by molar-refractivity contribution is -0.929. The highest BCUT2D eigenvalue weighted by atomic mass is 31.2. The van der Waals surface area contributed by atoms with E-state index in [-0.39, 0.29) is 35.7 Å². The minimum absolute atomic E-state index is 0.111. The summed E-state index contributed by atoms with van der Waals surface area (Å²) in [6.45, 7) is 30.0. The van der Waals surface area contributed by atoms with Gasteiger partial charge in [0.15, 0.2) is 15.2 Å². The van der Waals surface area contributed by atoms with E-state index >= 15 is 0 Å². The zero-order chi connectivity index (χ0) is 63.4. The predicted octanol–water partition coefficient (Wildman–Crippen LogP) is 20.3. The molecule has 0 radical (unpaired) electrons. The van der Waals surface area contributed by atoms with Crippen molar-refractivity contribution >= 4 is 15.2 Å². The molecule has 0 N–H and O–H groups in total. The molecule has 0 aliphatic heterocycles. The summed E-state index contributed by atoms with van der Waals surface area (Å²) in [5.41, 5.74) is 7.05. The molecule has 0 aliphatic carbocycles. The summed E-state index contributed by atoms with van der Waals surface area (Å²) in [6, 6.07) is 60.9. The van der Waals surface area contributed by atoms with Crippen LogP contribution >= 0.6 is 15.2 Å². The molecule has 7 rings (SSSR count). The van der Waals surface area contributed by atoms with Crippen LogP contribution < -0.4 is 18.8 Å². The van der Waals surface area contributed by atoms with Crippen LogP contribution in [0.4, 0.5) is 0 Å². The summed E-state index contributed by atoms with van der Waals surface area (Å²) < 4.78 is 40.6. The van der Waals surface area contributed by atoms with Crippen LogP contribution in [-0.2, 0) is 21.5 Å². The van der Waals surface area contributed by atoms with Gasteiger partial charge in [-0.05, 0) is 120 Å². The van der Waals surface area contributed by atoms with Gasteiger partial charge >= 0.3 is 0 Å². The number of hydrogen-bond acceptors (Lipinski definition) is 6. The SMILES string of the molecule is CCCC[N+](CCCC)(CCCC)CCCC.CCCC[N+](CCCC)(CCCC)CCCC.O=P([O-])(Cc1ccc(CP(=O)([O-])Oc2cccc(C(c3ccccc3)c3ccccc3)c2)cc1)Oc1cccc(C(c2ccccc2)c2ccccc2)c1. The maximum atomic E-state index is 13.3. The van der Waals surface area contributed by atoms with Gasteiger partial charge in [0.05, 0.1) is 52.4 Å². The Labute approximate surface area is 534 Å². The second-order valence-electron chi connectivity index (χ2n) is 24.5. The number of nitrogens with zero attached hydrogens (tertiary/aromatic N) is 2. The molecule has 8 nitrogen and oxygen atoms in total. The van der Waals surface area contributed by atoms with Gasteiger partial charge in [-0.1, -0.05) is 277 Å². The molecule has 0 aromatic heterocycles. The monoisotopic (exact) mass is 1230 g/mol. The second-order valence-corrected chi connectivity index (χ2v) is 27.9. The topological polar surface area (TPSA) is 98.7 Å². The van der Waals surface area contributed by atoms with Crippen LogP contribution in [0.2, 0.25) is 0 Å². The Bertz CT molecular complexity index is 2670. The van der Waals surface area contributed by atoms with Crippen LogP contribution in [0.25, 0.3) is 0 Å². The molecule has 88 heavy (non-hydrogen) atoms. The summed E-state index contributed by atoms with van der Waals surface area (Å²) in [4.78, 5) is 26.5. The van der Waals surface area contributed by atoms with Gasteiger partial charge in [0.25, 0.3) is 0 Å². The highest BCUT2D eigenvalue weighted by Gasteiger charge is 2.27. The number of benzene rings is 7. The summed E-state index contributed by atoms with van der Waals surface area (Å²) in [7, 11) is -8.76. The Morgan fingerprint density at radius 2 is 0.523 bits per heavy atom. The fourth-order valence-electron chi connectivity index (χ4n) is 12.1. The zero-order valence-electron chi connectivity index (χ0n) is 55.3. The maximum absolute atomic E-state index is 13.3. The van der Waals surface area contributed by atoms with Gasteiger partial charge in [-0.3, -0.25) is 9.13 Å². The second kappa shape index (κ2) is 40.2. The van der Waals surface area contributed by atoms with Crippen LogP contribution in [0.1, 0.15) is 214 Å². The van der Waals surface area contributed by atoms with Crippen molar-refractivity contribution in [1.82, 2.24) is 0 Å². The smallest absolute Gasteiger partial charge is 0.188 e. The Morgan fingerprint density at radius 3 is 0.739 bits per heavy atom. The lowest BCUT2D eigenvalue weighted by atomic mass is 9.85. The lowest BCUT2D eigenvalue weighted by Crippen LogP contribution is -2.50. The molecule has 2 unspecified atom stereocenters. The summed E-state index contributed by atoms with van der Waals surface area (Å²) in [6.07, 6.45) is 21.4. The Morgan fingerprint density at radius 1 is 0.307 bits per heavy atom. The summed E-state index contributed by atoms with van der Waals surface area (Å²) in [5.74, 6) is 0.234. The van der Waals surface area contributed by atoms with E-state index in [1.54, 1.807) is 60.7 Å². The molecule has 0 bridgehead atoms. The number of rotatable bonds is 38. The highest BCUT2D eigenvalue weighted by molar-refractivity contribution is 7.51. The van der Waals surface area contributed by atoms with E-state index in [1.165, 1.54) is 164 Å². The molecule has 0 fully saturated rings. The average molecular weight is 1230 g/mol. The van der Waals surface area contributed by atoms with Crippen LogP contribution in [0.15, 0.2) is 194 Å². The van der Waals surface area contributed by atoms with Crippen molar-refractivity contribution in [2.75, 3.05) is 52.4 Å². The zero-order valence-corrected chi connectivity index (χ0v) is 57.0. The van der Waals surface area contributed by atoms with Crippen molar-refractivity contribution < 1.29 is 36.9 Å². The molecule has 10 heteroatoms. The molecular weight excluding hydrogens is 1120 g/mol. The van der Waals surface area contributed by atoms with Crippen molar-refractivity contribution in [3.05, 3.63) is 239 Å². The largest absolute Gasteiger partial charge is 0.769 e. The van der Waals surface area contributed by atoms with E-state index < -0.39 is 15.2 Å². The molecule has 0 amide bonds. The first-order valence-corrected chi connectivity index (χ1v) is 37.3. The Balaban J connectivity index is 0.000000340. The van der Waals surface area contributed by atoms with E-state index in [2.05, 4.69) is 104 Å². The fraction of sp³-hybridized carbons (Fsp3) is 0.462. The van der Waals surface area contributed by atoms with Gasteiger partial charge in [-0.2, -0.15) is 0 Å². The fourth-order valence-corrected chi connectivity index (χ4v) is 14.4. The van der Waals surface area contributed by atoms with Crippen molar-refractivity contribution in [3.8, 4) is 11.5 Å². The first-order chi connectivity index (χ1) is 42.7. The van der Waals surface area contributed by atoms with Crippen molar-refractivity contribution in [2.45, 2.75) is 182 Å². The number of unbranched alkanes of at least 4 members (excludes halogenated alkanes) is 8. The minimum atomic E-state index is -4.38. The van der Waals surface area contributed by atoms with Crippen LogP contribution in [-0.4, -0.2) is 61.3 Å². The third kappa shape index (κ3) is 25.7. The molecule has 0 heterocycles. The van der Waals surface area contributed by atoms with E-state index in [0.717, 1.165) is 33.4 Å². The first-order valence-electron chi connectivity index (χ1n) is 33.9. The minimum Gasteiger partial charge on any atom is -0.769 e. The molecule has 7 aromatic rings. The van der Waals surface area contributed by atoms with Gasteiger partial charge < -0.3 is 27.8 Å². The molecule has 7 aromatic carbocycles. The van der Waals surface area contributed by atoms with Crippen molar-refractivity contribution in [2.24, 2.45) is 0 Å². The molecule has 478 valence electrons. The quantitative estimate of drug-likeness (QED) is 0.0217. The Hall–Kier alpha value is -5.56. The van der Waals surface area contributed by atoms with Crippen LogP contribution in [0.5, 0.6) is 11.5 Å². The maximum Gasteiger partial charge on any atom is 0.188 e. The van der Waals surface area contributed by atoms with Gasteiger partial charge in [0.2, 0.25) is 0 Å². The molecule has 0 saturated carbocycles. The standard InChI is InChI=1S/C46H40O6P2.2C16H36N/c47-53(48,51-43-25-13-23-41(31-43)45(37-15-5-1-6-16-37)38-17-7-2-8-18-38)33-35-27-29-36(30-28-35)34-54(49,50)52-44-26-14-24-42(32-44)46(39-19-9-3-10-20-39)40-21-11-4-12-22-40;2*1-5-9-13-17(14-10-6-2,15-11-7-3)16-12-8-4/h1-32,45-46H,33-34H2,(H,47,48)(H,49,50);2*5-16H2,1-4H3/q;2*+1/p-2. The summed E-state index contributed by atoms with van der Waals surface area (Å²) >= 11 is 0. The number of quaternary nitrogens is 2. The van der Waals surface area contributed by atoms with E-state index in [9.17, 15) is 18.9 Å². The van der Waals surface area contributed by atoms with Crippen LogP contribution in [0.3, 0.4) is 0 Å². The van der Waals surface area contributed by atoms with Gasteiger partial charge in [0, 0.05) is 24.2 Å². The average Bonchev–Trinajstić information content (AvgIpc) is 3.57. The van der Waals surface area contributed by atoms with Crippen LogP contribution in [0, 0.1) is 0 Å². The van der Waals surface area contributed by atoms with E-state index in [0.29, 0.717) is 11.1 Å². The lowest BCUT2D eigenvalue weighted by Gasteiger charge is -2.39. The van der Waals surface area contributed by atoms with Crippen molar-refractivity contribution in [3.63, 3.8) is 0 Å².